The average molecular weight is 214 g/mol. The molecule has 0 radical (unpaired) electrons. The summed E-state index contributed by atoms with van der Waals surface area (Å²) in [5.74, 6) is 0.316. The second-order valence-electron chi connectivity index (χ2n) is 4.70. The molecule has 3 nitrogen and oxygen atoms in total. The van der Waals surface area contributed by atoms with E-state index in [0.29, 0.717) is 12.5 Å². The number of carbonyl (C=O) groups excluding carboxylic acids is 1. The molecule has 0 aromatic rings. The van der Waals surface area contributed by atoms with Crippen LogP contribution in [0.2, 0.25) is 0 Å². The highest BCUT2D eigenvalue weighted by atomic mass is 16.7. The molecule has 0 aromatic carbocycles. The first-order valence-corrected chi connectivity index (χ1v) is 5.74. The monoisotopic (exact) mass is 214 g/mol. The molecule has 3 atom stereocenters. The Morgan fingerprint density at radius 1 is 1.67 bits per heavy atom. The second-order valence-corrected chi connectivity index (χ2v) is 4.70. The lowest BCUT2D eigenvalue weighted by molar-refractivity contribution is -0.217. The van der Waals surface area contributed by atoms with Crippen LogP contribution in [0.15, 0.2) is 0 Å². The highest BCUT2D eigenvalue weighted by molar-refractivity contribution is 5.77. The molecule has 1 aliphatic heterocycles. The van der Waals surface area contributed by atoms with E-state index >= 15 is 0 Å². The maximum atomic E-state index is 11.0. The number of ether oxygens (including phenoxy) is 2. The van der Waals surface area contributed by atoms with Gasteiger partial charge in [0.2, 0.25) is 0 Å². The topological polar surface area (TPSA) is 35.5 Å². The fourth-order valence-electron chi connectivity index (χ4n) is 1.67. The Balaban J connectivity index is 2.28. The van der Waals surface area contributed by atoms with Crippen LogP contribution in [0.3, 0.4) is 0 Å². The molecule has 1 fully saturated rings. The smallest absolute Gasteiger partial charge is 0.168 e. The van der Waals surface area contributed by atoms with Crippen LogP contribution in [0.1, 0.15) is 40.5 Å². The summed E-state index contributed by atoms with van der Waals surface area (Å²) < 4.78 is 11.3. The van der Waals surface area contributed by atoms with E-state index < -0.39 is 5.79 Å². The van der Waals surface area contributed by atoms with Crippen LogP contribution in [0.5, 0.6) is 0 Å². The van der Waals surface area contributed by atoms with Gasteiger partial charge >= 0.3 is 0 Å². The molecule has 0 unspecified atom stereocenters. The standard InChI is InChI=1S/C12H22O3/c1-9(11(3)13)5-7-14-12(4)10(2)6-8-15-12/h9-10H,5-8H2,1-4H3/t9-,10-,12+/m1/s1. The lowest BCUT2D eigenvalue weighted by Gasteiger charge is -2.28. The Labute approximate surface area is 92.1 Å². The van der Waals surface area contributed by atoms with E-state index in [1.807, 2.05) is 13.8 Å². The van der Waals surface area contributed by atoms with Gasteiger partial charge in [0.05, 0.1) is 13.2 Å². The van der Waals surface area contributed by atoms with Crippen molar-refractivity contribution in [2.45, 2.75) is 46.3 Å². The predicted octanol–water partition coefficient (Wildman–Crippen LogP) is 2.39. The van der Waals surface area contributed by atoms with Gasteiger partial charge in [-0.3, -0.25) is 4.79 Å². The highest BCUT2D eigenvalue weighted by Gasteiger charge is 2.38. The lowest BCUT2D eigenvalue weighted by Crippen LogP contribution is -2.34. The Bertz CT molecular complexity index is 227. The van der Waals surface area contributed by atoms with Gasteiger partial charge in [-0.25, -0.2) is 0 Å². The Hall–Kier alpha value is -0.410. The number of rotatable bonds is 5. The number of hydrogen-bond donors (Lipinski definition) is 0. The molecule has 0 bridgehead atoms. The van der Waals surface area contributed by atoms with Gasteiger partial charge in [-0.2, -0.15) is 0 Å². The van der Waals surface area contributed by atoms with Crippen molar-refractivity contribution in [2.75, 3.05) is 13.2 Å². The van der Waals surface area contributed by atoms with E-state index in [-0.39, 0.29) is 11.7 Å². The summed E-state index contributed by atoms with van der Waals surface area (Å²) in [6, 6.07) is 0. The van der Waals surface area contributed by atoms with Gasteiger partial charge in [-0.05, 0) is 26.7 Å². The Morgan fingerprint density at radius 2 is 2.33 bits per heavy atom. The van der Waals surface area contributed by atoms with Crippen LogP contribution in [0.4, 0.5) is 0 Å². The first kappa shape index (κ1) is 12.7. The molecule has 15 heavy (non-hydrogen) atoms. The molecule has 88 valence electrons. The van der Waals surface area contributed by atoms with E-state index in [4.69, 9.17) is 9.47 Å². The number of carbonyl (C=O) groups is 1. The molecular weight excluding hydrogens is 192 g/mol. The quantitative estimate of drug-likeness (QED) is 0.705. The lowest BCUT2D eigenvalue weighted by atomic mass is 10.0. The minimum Gasteiger partial charge on any atom is -0.350 e. The Morgan fingerprint density at radius 3 is 2.80 bits per heavy atom. The first-order chi connectivity index (χ1) is 6.96. The van der Waals surface area contributed by atoms with Crippen molar-refractivity contribution in [1.82, 2.24) is 0 Å². The van der Waals surface area contributed by atoms with Gasteiger partial charge < -0.3 is 9.47 Å². The Kier molecular flexibility index (Phi) is 4.29. The zero-order chi connectivity index (χ0) is 11.5. The number of Topliss-reactive ketones (excluding diaryl/α,β-unsaturated/α-hetero) is 1. The van der Waals surface area contributed by atoms with Gasteiger partial charge in [-0.15, -0.1) is 0 Å². The average Bonchev–Trinajstić information content (AvgIpc) is 2.47. The molecule has 1 heterocycles. The van der Waals surface area contributed by atoms with Crippen LogP contribution < -0.4 is 0 Å². The molecule has 1 aliphatic rings. The molecular formula is C12H22O3. The van der Waals surface area contributed by atoms with Gasteiger partial charge in [0.1, 0.15) is 5.78 Å². The van der Waals surface area contributed by atoms with Crippen molar-refractivity contribution >= 4 is 5.78 Å². The third-order valence-corrected chi connectivity index (χ3v) is 3.47. The number of hydrogen-bond acceptors (Lipinski definition) is 3. The third kappa shape index (κ3) is 3.28. The minimum atomic E-state index is -0.434. The van der Waals surface area contributed by atoms with Gasteiger partial charge in [0.25, 0.3) is 0 Å². The fourth-order valence-corrected chi connectivity index (χ4v) is 1.67. The summed E-state index contributed by atoms with van der Waals surface area (Å²) in [6.45, 7) is 9.07. The van der Waals surface area contributed by atoms with Crippen LogP contribution in [0.25, 0.3) is 0 Å². The van der Waals surface area contributed by atoms with E-state index in [1.165, 1.54) is 0 Å². The van der Waals surface area contributed by atoms with Crippen LogP contribution in [-0.4, -0.2) is 24.8 Å². The molecule has 0 N–H and O–H groups in total. The SMILES string of the molecule is CC(=O)[C@H](C)CCO[C@@]1(C)OCC[C@H]1C. The second kappa shape index (κ2) is 5.08. The minimum absolute atomic E-state index is 0.0882. The van der Waals surface area contributed by atoms with Crippen molar-refractivity contribution in [3.05, 3.63) is 0 Å². The van der Waals surface area contributed by atoms with Crippen LogP contribution in [0, 0.1) is 11.8 Å². The maximum absolute atomic E-state index is 11.0. The summed E-state index contributed by atoms with van der Waals surface area (Å²) in [4.78, 5) is 11.0. The molecule has 0 spiro atoms. The fraction of sp³-hybridized carbons (Fsp3) is 0.917. The highest BCUT2D eigenvalue weighted by Crippen LogP contribution is 2.32. The van der Waals surface area contributed by atoms with Gasteiger partial charge in [-0.1, -0.05) is 13.8 Å². The van der Waals surface area contributed by atoms with Gasteiger partial charge in [0.15, 0.2) is 5.79 Å². The van der Waals surface area contributed by atoms with Crippen molar-refractivity contribution in [3.63, 3.8) is 0 Å². The summed E-state index contributed by atoms with van der Waals surface area (Å²) in [5, 5.41) is 0. The maximum Gasteiger partial charge on any atom is 0.168 e. The molecule has 3 heteroatoms. The van der Waals surface area contributed by atoms with E-state index in [0.717, 1.165) is 19.4 Å². The molecule has 0 amide bonds. The van der Waals surface area contributed by atoms with Crippen molar-refractivity contribution < 1.29 is 14.3 Å². The first-order valence-electron chi connectivity index (χ1n) is 5.74. The normalized spacial score (nSPS) is 32.9. The largest absolute Gasteiger partial charge is 0.350 e. The molecule has 1 rings (SSSR count). The zero-order valence-electron chi connectivity index (χ0n) is 10.2. The third-order valence-electron chi connectivity index (χ3n) is 3.47. The van der Waals surface area contributed by atoms with Crippen LogP contribution >= 0.6 is 0 Å². The zero-order valence-corrected chi connectivity index (χ0v) is 10.2. The molecule has 1 saturated heterocycles. The van der Waals surface area contributed by atoms with Crippen molar-refractivity contribution in [3.8, 4) is 0 Å². The molecule has 0 aliphatic carbocycles. The van der Waals surface area contributed by atoms with E-state index in [1.54, 1.807) is 6.92 Å². The van der Waals surface area contributed by atoms with Crippen LogP contribution in [-0.2, 0) is 14.3 Å². The molecule has 0 saturated carbocycles. The number of ketones is 1. The van der Waals surface area contributed by atoms with Gasteiger partial charge in [0, 0.05) is 11.8 Å². The summed E-state index contributed by atoms with van der Waals surface area (Å²) >= 11 is 0. The summed E-state index contributed by atoms with van der Waals surface area (Å²) in [7, 11) is 0. The van der Waals surface area contributed by atoms with E-state index in [9.17, 15) is 4.79 Å². The van der Waals surface area contributed by atoms with E-state index in [2.05, 4.69) is 6.92 Å². The predicted molar refractivity (Wildman–Crippen MR) is 58.6 cm³/mol. The summed E-state index contributed by atoms with van der Waals surface area (Å²) in [6.07, 6.45) is 1.83. The molecule has 0 aromatic heterocycles. The van der Waals surface area contributed by atoms with Crippen molar-refractivity contribution in [2.24, 2.45) is 11.8 Å². The summed E-state index contributed by atoms with van der Waals surface area (Å²) in [5.41, 5.74) is 0. The van der Waals surface area contributed by atoms with Crippen molar-refractivity contribution in [1.29, 1.82) is 0 Å².